The summed E-state index contributed by atoms with van der Waals surface area (Å²) in [7, 11) is 0. The molecule has 2 aromatic carbocycles. The van der Waals surface area contributed by atoms with Crippen LogP contribution in [0, 0.1) is 20.8 Å². The van der Waals surface area contributed by atoms with Gasteiger partial charge in [-0.15, -0.1) is 0 Å². The lowest BCUT2D eigenvalue weighted by molar-refractivity contribution is -0.145. The number of aromatic nitrogens is 2. The van der Waals surface area contributed by atoms with E-state index >= 15 is 0 Å². The van der Waals surface area contributed by atoms with Crippen LogP contribution in [0.5, 0.6) is 0 Å². The van der Waals surface area contributed by atoms with Crippen molar-refractivity contribution in [3.05, 3.63) is 81.6 Å². The van der Waals surface area contributed by atoms with E-state index in [9.17, 15) is 9.59 Å². The maximum atomic E-state index is 12.4. The first-order chi connectivity index (χ1) is 14.3. The Morgan fingerprint density at radius 3 is 2.53 bits per heavy atom. The molecular weight excluding hydrogens is 402 g/mol. The van der Waals surface area contributed by atoms with Gasteiger partial charge in [-0.1, -0.05) is 48.0 Å². The fourth-order valence-electron chi connectivity index (χ4n) is 3.08. The van der Waals surface area contributed by atoms with Crippen molar-refractivity contribution >= 4 is 23.5 Å². The second-order valence-electron chi connectivity index (χ2n) is 7.09. The topological polar surface area (TPSA) is 73.2 Å². The van der Waals surface area contributed by atoms with Gasteiger partial charge in [0.05, 0.1) is 17.8 Å². The summed E-state index contributed by atoms with van der Waals surface area (Å²) in [5.41, 5.74) is 5.15. The van der Waals surface area contributed by atoms with Crippen LogP contribution in [0.1, 0.15) is 28.1 Å². The zero-order valence-corrected chi connectivity index (χ0v) is 18.0. The molecule has 0 unspecified atom stereocenters. The summed E-state index contributed by atoms with van der Waals surface area (Å²) in [6.07, 6.45) is 0.128. The predicted molar refractivity (Wildman–Crippen MR) is 116 cm³/mol. The van der Waals surface area contributed by atoms with Crippen LogP contribution in [-0.2, 0) is 27.4 Å². The van der Waals surface area contributed by atoms with Crippen molar-refractivity contribution in [2.75, 3.05) is 6.54 Å². The maximum Gasteiger partial charge on any atom is 0.325 e. The van der Waals surface area contributed by atoms with Gasteiger partial charge in [0.25, 0.3) is 0 Å². The average molecular weight is 426 g/mol. The Morgan fingerprint density at radius 2 is 1.83 bits per heavy atom. The summed E-state index contributed by atoms with van der Waals surface area (Å²) in [4.78, 5) is 24.3. The fraction of sp³-hybridized carbons (Fsp3) is 0.261. The van der Waals surface area contributed by atoms with Crippen LogP contribution >= 0.6 is 11.6 Å². The Morgan fingerprint density at radius 1 is 1.10 bits per heavy atom. The third kappa shape index (κ3) is 5.27. The van der Waals surface area contributed by atoms with E-state index in [0.717, 1.165) is 33.8 Å². The van der Waals surface area contributed by atoms with Gasteiger partial charge in [0, 0.05) is 16.3 Å². The van der Waals surface area contributed by atoms with Crippen LogP contribution in [0.2, 0.25) is 5.02 Å². The minimum absolute atomic E-state index is 0.128. The molecule has 0 saturated carbocycles. The van der Waals surface area contributed by atoms with Crippen molar-refractivity contribution < 1.29 is 14.3 Å². The zero-order valence-electron chi connectivity index (χ0n) is 17.2. The molecule has 30 heavy (non-hydrogen) atoms. The molecule has 1 N–H and O–H groups in total. The highest BCUT2D eigenvalue weighted by Gasteiger charge is 2.17. The van der Waals surface area contributed by atoms with Crippen molar-refractivity contribution in [2.45, 2.75) is 33.8 Å². The van der Waals surface area contributed by atoms with Crippen molar-refractivity contribution in [1.29, 1.82) is 0 Å². The minimum Gasteiger partial charge on any atom is -0.460 e. The lowest BCUT2D eigenvalue weighted by Crippen LogP contribution is -2.31. The van der Waals surface area contributed by atoms with E-state index in [1.165, 1.54) is 0 Å². The molecule has 0 bridgehead atoms. The van der Waals surface area contributed by atoms with Crippen molar-refractivity contribution in [3.8, 4) is 5.69 Å². The number of hydrogen-bond donors (Lipinski definition) is 1. The summed E-state index contributed by atoms with van der Waals surface area (Å²) >= 11 is 6.23. The smallest absolute Gasteiger partial charge is 0.325 e. The third-order valence-corrected chi connectivity index (χ3v) is 5.26. The summed E-state index contributed by atoms with van der Waals surface area (Å²) in [5, 5.41) is 7.83. The van der Waals surface area contributed by atoms with Gasteiger partial charge in [0.15, 0.2) is 0 Å². The first-order valence-electron chi connectivity index (χ1n) is 9.63. The molecule has 1 amide bonds. The molecule has 1 aromatic heterocycles. The number of amides is 1. The quantitative estimate of drug-likeness (QED) is 0.583. The number of aryl methyl sites for hydroxylation is 2. The van der Waals surface area contributed by atoms with Gasteiger partial charge in [-0.05, 0) is 44.0 Å². The number of carbonyl (C=O) groups excluding carboxylic acids is 2. The van der Waals surface area contributed by atoms with E-state index < -0.39 is 5.97 Å². The van der Waals surface area contributed by atoms with Crippen molar-refractivity contribution in [2.24, 2.45) is 0 Å². The van der Waals surface area contributed by atoms with E-state index in [0.29, 0.717) is 5.02 Å². The third-order valence-electron chi connectivity index (χ3n) is 4.85. The monoisotopic (exact) mass is 425 g/mol. The number of halogens is 1. The Hall–Kier alpha value is -3.12. The van der Waals surface area contributed by atoms with Crippen LogP contribution in [0.4, 0.5) is 0 Å². The van der Waals surface area contributed by atoms with E-state index in [2.05, 4.69) is 10.4 Å². The zero-order chi connectivity index (χ0) is 21.7. The number of nitrogens with one attached hydrogen (secondary N) is 1. The molecule has 1 heterocycles. The first kappa shape index (κ1) is 21.6. The maximum absolute atomic E-state index is 12.4. The Labute approximate surface area is 180 Å². The highest BCUT2D eigenvalue weighted by molar-refractivity contribution is 6.31. The van der Waals surface area contributed by atoms with Gasteiger partial charge in [-0.3, -0.25) is 9.59 Å². The van der Waals surface area contributed by atoms with Crippen LogP contribution in [0.15, 0.2) is 48.5 Å². The SMILES string of the molecule is Cc1ccc(-n2nc(C)c(CC(=O)NCC(=O)OCc3ccccc3)c2C)cc1Cl. The molecule has 0 saturated heterocycles. The van der Waals surface area contributed by atoms with E-state index in [1.807, 2.05) is 69.3 Å². The molecular formula is C23H24ClN3O3. The molecule has 0 spiro atoms. The van der Waals surface area contributed by atoms with Crippen molar-refractivity contribution in [1.82, 2.24) is 15.1 Å². The summed E-state index contributed by atoms with van der Waals surface area (Å²) in [6.45, 7) is 5.71. The van der Waals surface area contributed by atoms with E-state index in [1.54, 1.807) is 4.68 Å². The lowest BCUT2D eigenvalue weighted by atomic mass is 10.1. The number of ether oxygens (including phenoxy) is 1. The predicted octanol–water partition coefficient (Wildman–Crippen LogP) is 3.85. The number of rotatable bonds is 7. The van der Waals surface area contributed by atoms with Crippen LogP contribution in [-0.4, -0.2) is 28.2 Å². The highest BCUT2D eigenvalue weighted by atomic mass is 35.5. The minimum atomic E-state index is -0.481. The number of nitrogens with zero attached hydrogens (tertiary/aromatic N) is 2. The molecule has 0 atom stereocenters. The second kappa shape index (κ2) is 9.59. The van der Waals surface area contributed by atoms with Gasteiger partial charge in [0.2, 0.25) is 5.91 Å². The molecule has 3 aromatic rings. The Balaban J connectivity index is 1.58. The molecule has 0 aliphatic heterocycles. The Kier molecular flexibility index (Phi) is 6.90. The first-order valence-corrected chi connectivity index (χ1v) is 10.0. The van der Waals surface area contributed by atoms with Crippen LogP contribution in [0.3, 0.4) is 0 Å². The molecule has 156 valence electrons. The highest BCUT2D eigenvalue weighted by Crippen LogP contribution is 2.23. The number of hydrogen-bond acceptors (Lipinski definition) is 4. The summed E-state index contributed by atoms with van der Waals surface area (Å²) < 4.78 is 6.95. The molecule has 0 radical (unpaired) electrons. The normalized spacial score (nSPS) is 10.7. The van der Waals surface area contributed by atoms with Crippen molar-refractivity contribution in [3.63, 3.8) is 0 Å². The Bertz CT molecular complexity index is 1060. The molecule has 0 aliphatic carbocycles. The van der Waals surface area contributed by atoms with Gasteiger partial charge in [-0.2, -0.15) is 5.10 Å². The molecule has 7 heteroatoms. The standard InChI is InChI=1S/C23H24ClN3O3/c1-15-9-10-19(11-21(15)24)27-17(3)20(16(2)26-27)12-22(28)25-13-23(29)30-14-18-7-5-4-6-8-18/h4-11H,12-14H2,1-3H3,(H,25,28). The van der Waals surface area contributed by atoms with Gasteiger partial charge in [-0.25, -0.2) is 4.68 Å². The lowest BCUT2D eigenvalue weighted by Gasteiger charge is -2.08. The molecule has 0 fully saturated rings. The molecule has 0 aliphatic rings. The number of esters is 1. The summed E-state index contributed by atoms with van der Waals surface area (Å²) in [5.74, 6) is -0.745. The summed E-state index contributed by atoms with van der Waals surface area (Å²) in [6, 6.07) is 15.1. The molecule has 3 rings (SSSR count). The van der Waals surface area contributed by atoms with Crippen LogP contribution < -0.4 is 5.32 Å². The number of carbonyl (C=O) groups is 2. The van der Waals surface area contributed by atoms with E-state index in [4.69, 9.17) is 16.3 Å². The molecule has 6 nitrogen and oxygen atoms in total. The number of benzene rings is 2. The largest absolute Gasteiger partial charge is 0.460 e. The fourth-order valence-corrected chi connectivity index (χ4v) is 3.25. The van der Waals surface area contributed by atoms with Gasteiger partial charge in [0.1, 0.15) is 13.2 Å². The van der Waals surface area contributed by atoms with Gasteiger partial charge < -0.3 is 10.1 Å². The van der Waals surface area contributed by atoms with Crippen LogP contribution in [0.25, 0.3) is 5.69 Å². The van der Waals surface area contributed by atoms with E-state index in [-0.39, 0.29) is 25.5 Å². The van der Waals surface area contributed by atoms with Gasteiger partial charge >= 0.3 is 5.97 Å². The second-order valence-corrected chi connectivity index (χ2v) is 7.50. The average Bonchev–Trinajstić information content (AvgIpc) is 3.01.